The summed E-state index contributed by atoms with van der Waals surface area (Å²) in [5.74, 6) is 1.59. The van der Waals surface area contributed by atoms with Crippen LogP contribution >= 0.6 is 35.1 Å². The van der Waals surface area contributed by atoms with E-state index in [1.165, 1.54) is 16.7 Å². The van der Waals surface area contributed by atoms with Gasteiger partial charge >= 0.3 is 0 Å². The summed E-state index contributed by atoms with van der Waals surface area (Å²) < 4.78 is 2.01. The van der Waals surface area contributed by atoms with Crippen molar-refractivity contribution in [1.82, 2.24) is 14.8 Å². The number of amides is 1. The molecule has 0 saturated carbocycles. The van der Waals surface area contributed by atoms with Crippen molar-refractivity contribution in [3.05, 3.63) is 95.3 Å². The summed E-state index contributed by atoms with van der Waals surface area (Å²) in [6, 6.07) is 25.6. The molecule has 0 spiro atoms. The van der Waals surface area contributed by atoms with E-state index < -0.39 is 0 Å². The van der Waals surface area contributed by atoms with Crippen molar-refractivity contribution < 1.29 is 4.79 Å². The monoisotopic (exact) mass is 480 g/mol. The molecule has 0 atom stereocenters. The summed E-state index contributed by atoms with van der Waals surface area (Å²) in [6.45, 7) is 1.88. The Morgan fingerprint density at radius 1 is 0.938 bits per heavy atom. The quantitative estimate of drug-likeness (QED) is 0.302. The van der Waals surface area contributed by atoms with Crippen LogP contribution in [0.5, 0.6) is 0 Å². The Morgan fingerprint density at radius 2 is 1.66 bits per heavy atom. The van der Waals surface area contributed by atoms with Crippen molar-refractivity contribution >= 4 is 46.7 Å². The Balaban J connectivity index is 1.50. The Hall–Kier alpha value is -2.74. The van der Waals surface area contributed by atoms with Gasteiger partial charge in [-0.2, -0.15) is 0 Å². The third-order valence-corrected chi connectivity index (χ3v) is 7.05. The van der Waals surface area contributed by atoms with Crippen LogP contribution in [0.15, 0.2) is 88.9 Å². The van der Waals surface area contributed by atoms with Crippen LogP contribution in [-0.2, 0) is 10.5 Å². The highest BCUT2D eigenvalue weighted by molar-refractivity contribution is 7.99. The average molecular weight is 481 g/mol. The van der Waals surface area contributed by atoms with Crippen LogP contribution in [-0.4, -0.2) is 26.4 Å². The zero-order valence-corrected chi connectivity index (χ0v) is 19.8. The number of thioether (sulfide) groups is 2. The van der Waals surface area contributed by atoms with Gasteiger partial charge in [-0.3, -0.25) is 9.36 Å². The molecular formula is C24H21ClN4OS2. The van der Waals surface area contributed by atoms with E-state index in [9.17, 15) is 4.79 Å². The number of carbonyl (C=O) groups excluding carboxylic acids is 1. The van der Waals surface area contributed by atoms with Crippen molar-refractivity contribution in [2.45, 2.75) is 22.7 Å². The maximum absolute atomic E-state index is 12.6. The summed E-state index contributed by atoms with van der Waals surface area (Å²) in [7, 11) is 0. The van der Waals surface area contributed by atoms with Gasteiger partial charge in [0, 0.05) is 21.3 Å². The number of anilines is 1. The van der Waals surface area contributed by atoms with Crippen molar-refractivity contribution in [3.8, 4) is 5.69 Å². The smallest absolute Gasteiger partial charge is 0.234 e. The molecule has 5 nitrogen and oxygen atoms in total. The number of rotatable bonds is 8. The standard InChI is InChI=1S/C24H21ClN4OS2/c1-17-20(25)13-8-14-21(17)26-23(30)16-32-24-28-27-22(15-31-19-11-6-3-7-12-19)29(24)18-9-4-2-5-10-18/h2-14H,15-16H2,1H3,(H,26,30). The number of halogens is 1. The maximum atomic E-state index is 12.6. The van der Waals surface area contributed by atoms with E-state index in [4.69, 9.17) is 11.6 Å². The Morgan fingerprint density at radius 3 is 2.41 bits per heavy atom. The maximum Gasteiger partial charge on any atom is 0.234 e. The fourth-order valence-electron chi connectivity index (χ4n) is 3.05. The molecular weight excluding hydrogens is 460 g/mol. The molecule has 0 unspecified atom stereocenters. The molecule has 162 valence electrons. The first-order valence-corrected chi connectivity index (χ1v) is 12.3. The van der Waals surface area contributed by atoms with Gasteiger partial charge in [0.05, 0.1) is 11.5 Å². The van der Waals surface area contributed by atoms with Gasteiger partial charge in [0.1, 0.15) is 5.82 Å². The molecule has 0 radical (unpaired) electrons. The van der Waals surface area contributed by atoms with Crippen LogP contribution in [0.25, 0.3) is 5.69 Å². The fraction of sp³-hybridized carbons (Fsp3) is 0.125. The van der Waals surface area contributed by atoms with Crippen LogP contribution in [0.3, 0.4) is 0 Å². The zero-order valence-electron chi connectivity index (χ0n) is 17.4. The number of nitrogens with one attached hydrogen (secondary N) is 1. The number of carbonyl (C=O) groups is 1. The minimum absolute atomic E-state index is 0.122. The third-order valence-electron chi connectivity index (χ3n) is 4.70. The molecule has 32 heavy (non-hydrogen) atoms. The first-order valence-electron chi connectivity index (χ1n) is 9.97. The van der Waals surface area contributed by atoms with E-state index in [0.29, 0.717) is 21.6 Å². The zero-order chi connectivity index (χ0) is 22.3. The molecule has 1 aromatic heterocycles. The number of aromatic nitrogens is 3. The van der Waals surface area contributed by atoms with Crippen LogP contribution in [0.2, 0.25) is 5.02 Å². The molecule has 0 bridgehead atoms. The SMILES string of the molecule is Cc1c(Cl)cccc1NC(=O)CSc1nnc(CSc2ccccc2)n1-c1ccccc1. The van der Waals surface area contributed by atoms with Gasteiger partial charge < -0.3 is 5.32 Å². The first kappa shape index (κ1) is 22.5. The van der Waals surface area contributed by atoms with Crippen molar-refractivity contribution in [2.75, 3.05) is 11.1 Å². The van der Waals surface area contributed by atoms with Crippen LogP contribution in [0.1, 0.15) is 11.4 Å². The summed E-state index contributed by atoms with van der Waals surface area (Å²) in [5.41, 5.74) is 2.53. The minimum Gasteiger partial charge on any atom is -0.325 e. The molecule has 0 aliphatic carbocycles. The van der Waals surface area contributed by atoms with Gasteiger partial charge in [-0.25, -0.2) is 0 Å². The van der Waals surface area contributed by atoms with E-state index in [2.05, 4.69) is 27.6 Å². The van der Waals surface area contributed by atoms with E-state index in [1.807, 2.05) is 72.2 Å². The minimum atomic E-state index is -0.122. The number of para-hydroxylation sites is 1. The van der Waals surface area contributed by atoms with E-state index in [1.54, 1.807) is 17.8 Å². The molecule has 1 amide bonds. The summed E-state index contributed by atoms with van der Waals surface area (Å²) >= 11 is 9.21. The Kier molecular flexibility index (Phi) is 7.52. The molecule has 8 heteroatoms. The van der Waals surface area contributed by atoms with Crippen molar-refractivity contribution in [3.63, 3.8) is 0 Å². The predicted molar refractivity (Wildman–Crippen MR) is 133 cm³/mol. The molecule has 0 aliphatic rings. The van der Waals surface area contributed by atoms with Crippen molar-refractivity contribution in [2.24, 2.45) is 0 Å². The Bertz CT molecular complexity index is 1200. The van der Waals surface area contributed by atoms with Crippen LogP contribution in [0, 0.1) is 6.92 Å². The lowest BCUT2D eigenvalue weighted by molar-refractivity contribution is -0.113. The van der Waals surface area contributed by atoms with Crippen LogP contribution in [0.4, 0.5) is 5.69 Å². The molecule has 0 saturated heterocycles. The number of hydrogen-bond acceptors (Lipinski definition) is 5. The third kappa shape index (κ3) is 5.54. The lowest BCUT2D eigenvalue weighted by Crippen LogP contribution is -2.15. The average Bonchev–Trinajstić information content (AvgIpc) is 3.23. The highest BCUT2D eigenvalue weighted by Gasteiger charge is 2.16. The number of hydrogen-bond donors (Lipinski definition) is 1. The summed E-state index contributed by atoms with van der Waals surface area (Å²) in [4.78, 5) is 13.7. The second kappa shape index (κ2) is 10.7. The number of benzene rings is 3. The lowest BCUT2D eigenvalue weighted by Gasteiger charge is -2.11. The van der Waals surface area contributed by atoms with Crippen LogP contribution < -0.4 is 5.32 Å². The van der Waals surface area contributed by atoms with Gasteiger partial charge in [0.15, 0.2) is 5.16 Å². The van der Waals surface area contributed by atoms with Gasteiger partial charge in [0.2, 0.25) is 5.91 Å². The van der Waals surface area contributed by atoms with E-state index in [0.717, 1.165) is 17.1 Å². The molecule has 3 aromatic carbocycles. The molecule has 0 aliphatic heterocycles. The van der Waals surface area contributed by atoms with Crippen molar-refractivity contribution in [1.29, 1.82) is 0 Å². The summed E-state index contributed by atoms with van der Waals surface area (Å²) in [6.07, 6.45) is 0. The molecule has 4 rings (SSSR count). The first-order chi connectivity index (χ1) is 15.6. The molecule has 1 heterocycles. The highest BCUT2D eigenvalue weighted by Crippen LogP contribution is 2.28. The largest absolute Gasteiger partial charge is 0.325 e. The lowest BCUT2D eigenvalue weighted by atomic mass is 10.2. The van der Waals surface area contributed by atoms with E-state index in [-0.39, 0.29) is 11.7 Å². The summed E-state index contributed by atoms with van der Waals surface area (Å²) in [5, 5.41) is 13.0. The fourth-order valence-corrected chi connectivity index (χ4v) is 4.83. The topological polar surface area (TPSA) is 59.8 Å². The van der Waals surface area contributed by atoms with Gasteiger partial charge in [-0.1, -0.05) is 65.8 Å². The highest BCUT2D eigenvalue weighted by atomic mass is 35.5. The second-order valence-electron chi connectivity index (χ2n) is 6.92. The van der Waals surface area contributed by atoms with Gasteiger partial charge in [-0.15, -0.1) is 22.0 Å². The van der Waals surface area contributed by atoms with E-state index >= 15 is 0 Å². The molecule has 0 fully saturated rings. The molecule has 4 aromatic rings. The van der Waals surface area contributed by atoms with Gasteiger partial charge in [0.25, 0.3) is 0 Å². The Labute approximate surface area is 200 Å². The molecule has 1 N–H and O–H groups in total. The number of nitrogens with zero attached hydrogens (tertiary/aromatic N) is 3. The van der Waals surface area contributed by atoms with Gasteiger partial charge in [-0.05, 0) is 48.9 Å². The second-order valence-corrected chi connectivity index (χ2v) is 9.32. The normalized spacial score (nSPS) is 10.8. The predicted octanol–water partition coefficient (Wildman–Crippen LogP) is 6.25.